The molecule has 2 aliphatic rings. The Hall–Kier alpha value is -2.67. The first-order valence-corrected chi connectivity index (χ1v) is 7.16. The van der Waals surface area contributed by atoms with Crippen LogP contribution in [0.3, 0.4) is 0 Å². The molecule has 21 heavy (non-hydrogen) atoms. The number of carbonyl (C=O) groups excluding carboxylic acids is 1. The summed E-state index contributed by atoms with van der Waals surface area (Å²) < 4.78 is 16.1. The Kier molecular flexibility index (Phi) is 2.26. The van der Waals surface area contributed by atoms with E-state index in [9.17, 15) is 19.1 Å². The molecule has 0 bridgehead atoms. The number of nitro benzene ring substituents is 1. The van der Waals surface area contributed by atoms with Gasteiger partial charge in [-0.2, -0.15) is 4.40 Å². The minimum Gasteiger partial charge on any atom is -0.289 e. The summed E-state index contributed by atoms with van der Waals surface area (Å²) in [6.07, 6.45) is 0. The zero-order valence-electron chi connectivity index (χ0n) is 10.4. The van der Waals surface area contributed by atoms with Gasteiger partial charge in [0.25, 0.3) is 5.69 Å². The highest BCUT2D eigenvalue weighted by atomic mass is 32.2. The van der Waals surface area contributed by atoms with Gasteiger partial charge in [0.05, 0.1) is 21.1 Å². The van der Waals surface area contributed by atoms with Gasteiger partial charge in [0, 0.05) is 22.8 Å². The van der Waals surface area contributed by atoms with E-state index in [0.29, 0.717) is 16.0 Å². The summed E-state index contributed by atoms with van der Waals surface area (Å²) >= 11 is 0. The highest BCUT2D eigenvalue weighted by molar-refractivity contribution is 7.84. The molecular formula is C14H6N2O4S. The molecule has 0 saturated carbocycles. The summed E-state index contributed by atoms with van der Waals surface area (Å²) in [7, 11) is -1.63. The summed E-state index contributed by atoms with van der Waals surface area (Å²) in [5.74, 6) is -0.302. The minimum absolute atomic E-state index is 0.165. The van der Waals surface area contributed by atoms with Crippen molar-refractivity contribution >= 4 is 28.2 Å². The molecule has 7 heteroatoms. The van der Waals surface area contributed by atoms with Gasteiger partial charge in [0.1, 0.15) is 0 Å². The predicted octanol–water partition coefficient (Wildman–Crippen LogP) is 2.01. The second-order valence-electron chi connectivity index (χ2n) is 4.65. The quantitative estimate of drug-likeness (QED) is 0.507. The van der Waals surface area contributed by atoms with E-state index < -0.39 is 15.9 Å². The van der Waals surface area contributed by atoms with Crippen molar-refractivity contribution in [3.05, 3.63) is 68.8 Å². The van der Waals surface area contributed by atoms with Crippen LogP contribution in [0.15, 0.2) is 45.7 Å². The zero-order valence-corrected chi connectivity index (χ0v) is 11.2. The number of hydrogen-bond acceptors (Lipinski definition) is 4. The van der Waals surface area contributed by atoms with Crippen LogP contribution in [0.1, 0.15) is 27.0 Å². The molecule has 1 atom stereocenters. The topological polar surface area (TPSA) is 89.6 Å². The highest BCUT2D eigenvalue weighted by Gasteiger charge is 2.39. The highest BCUT2D eigenvalue weighted by Crippen LogP contribution is 2.39. The molecule has 2 aromatic carbocycles. The molecule has 2 aromatic rings. The zero-order chi connectivity index (χ0) is 14.7. The Balaban J connectivity index is 2.16. The molecule has 0 fully saturated rings. The van der Waals surface area contributed by atoms with Crippen molar-refractivity contribution in [3.63, 3.8) is 0 Å². The number of benzene rings is 2. The standard InChI is InChI=1S/C14H6N2O4S/c17-14-7-3-1-5-9(16(18)19)11(7)13-12-8(14)4-2-6-10(12)21(20)15-13/h1-6H. The van der Waals surface area contributed by atoms with Crippen molar-refractivity contribution in [2.75, 3.05) is 0 Å². The van der Waals surface area contributed by atoms with Crippen LogP contribution in [0.25, 0.3) is 0 Å². The van der Waals surface area contributed by atoms with Gasteiger partial charge in [-0.25, -0.2) is 4.21 Å². The molecule has 102 valence electrons. The van der Waals surface area contributed by atoms with E-state index in [1.54, 1.807) is 18.2 Å². The third-order valence-electron chi connectivity index (χ3n) is 3.59. The van der Waals surface area contributed by atoms with E-state index in [4.69, 9.17) is 0 Å². The molecule has 6 nitrogen and oxygen atoms in total. The van der Waals surface area contributed by atoms with E-state index in [0.717, 1.165) is 0 Å². The van der Waals surface area contributed by atoms with Gasteiger partial charge in [-0.1, -0.05) is 18.2 Å². The van der Waals surface area contributed by atoms with Gasteiger partial charge in [0.2, 0.25) is 0 Å². The molecule has 1 aliphatic heterocycles. The van der Waals surface area contributed by atoms with Crippen LogP contribution in [-0.2, 0) is 11.0 Å². The van der Waals surface area contributed by atoms with Crippen LogP contribution in [0.5, 0.6) is 0 Å². The Bertz CT molecular complexity index is 917. The maximum Gasteiger partial charge on any atom is 0.279 e. The molecule has 1 heterocycles. The van der Waals surface area contributed by atoms with Crippen LogP contribution in [-0.4, -0.2) is 20.6 Å². The van der Waals surface area contributed by atoms with Crippen LogP contribution in [0.4, 0.5) is 5.69 Å². The fraction of sp³-hybridized carbons (Fsp3) is 0. The number of hydrogen-bond donors (Lipinski definition) is 0. The van der Waals surface area contributed by atoms with Gasteiger partial charge >= 0.3 is 0 Å². The van der Waals surface area contributed by atoms with E-state index in [1.165, 1.54) is 18.2 Å². The molecule has 0 amide bonds. The van der Waals surface area contributed by atoms with Crippen molar-refractivity contribution < 1.29 is 13.9 Å². The van der Waals surface area contributed by atoms with Crippen LogP contribution < -0.4 is 0 Å². The van der Waals surface area contributed by atoms with E-state index in [1.807, 2.05) is 0 Å². The molecule has 0 spiro atoms. The Morgan fingerprint density at radius 2 is 1.71 bits per heavy atom. The molecule has 1 aliphatic carbocycles. The van der Waals surface area contributed by atoms with Crippen LogP contribution in [0, 0.1) is 10.1 Å². The number of rotatable bonds is 1. The molecule has 0 N–H and O–H groups in total. The van der Waals surface area contributed by atoms with Crippen LogP contribution in [0.2, 0.25) is 0 Å². The first kappa shape index (κ1) is 12.1. The monoisotopic (exact) mass is 298 g/mol. The molecule has 1 unspecified atom stereocenters. The largest absolute Gasteiger partial charge is 0.289 e. The van der Waals surface area contributed by atoms with Gasteiger partial charge in [-0.05, 0) is 12.1 Å². The third-order valence-corrected chi connectivity index (χ3v) is 4.66. The lowest BCUT2D eigenvalue weighted by molar-refractivity contribution is -0.385. The van der Waals surface area contributed by atoms with Crippen LogP contribution >= 0.6 is 0 Å². The minimum atomic E-state index is -1.63. The first-order chi connectivity index (χ1) is 10.1. The lowest BCUT2D eigenvalue weighted by Gasteiger charge is -2.17. The average Bonchev–Trinajstić information content (AvgIpc) is 2.82. The predicted molar refractivity (Wildman–Crippen MR) is 75.0 cm³/mol. The Morgan fingerprint density at radius 1 is 1.05 bits per heavy atom. The van der Waals surface area contributed by atoms with E-state index in [-0.39, 0.29) is 28.3 Å². The van der Waals surface area contributed by atoms with Crippen molar-refractivity contribution in [1.82, 2.24) is 0 Å². The van der Waals surface area contributed by atoms with Gasteiger partial charge in [-0.15, -0.1) is 0 Å². The number of nitro groups is 1. The molecule has 4 rings (SSSR count). The van der Waals surface area contributed by atoms with Crippen molar-refractivity contribution in [3.8, 4) is 0 Å². The third kappa shape index (κ3) is 1.43. The Morgan fingerprint density at radius 3 is 2.43 bits per heavy atom. The normalized spacial score (nSPS) is 18.0. The van der Waals surface area contributed by atoms with Crippen molar-refractivity contribution in [2.45, 2.75) is 4.90 Å². The van der Waals surface area contributed by atoms with Gasteiger partial charge in [-0.3, -0.25) is 14.9 Å². The number of ketones is 1. The lowest BCUT2D eigenvalue weighted by Crippen LogP contribution is -2.21. The molecular weight excluding hydrogens is 292 g/mol. The summed E-state index contributed by atoms with van der Waals surface area (Å²) in [5.41, 5.74) is 1.33. The first-order valence-electron chi connectivity index (χ1n) is 6.06. The Labute approximate surface area is 120 Å². The summed E-state index contributed by atoms with van der Waals surface area (Å²) in [6.45, 7) is 0. The van der Waals surface area contributed by atoms with Gasteiger partial charge < -0.3 is 0 Å². The smallest absolute Gasteiger partial charge is 0.279 e. The SMILES string of the molecule is O=C1c2cccc([N+](=O)[O-])c2C2=NS(=O)c3cccc1c32. The molecule has 0 radical (unpaired) electrons. The molecule has 0 aromatic heterocycles. The van der Waals surface area contributed by atoms with Gasteiger partial charge in [0.15, 0.2) is 16.8 Å². The van der Waals surface area contributed by atoms with E-state index in [2.05, 4.69) is 4.40 Å². The maximum atomic E-state index is 12.5. The van der Waals surface area contributed by atoms with Crippen molar-refractivity contribution in [2.24, 2.45) is 4.40 Å². The summed E-state index contributed by atoms with van der Waals surface area (Å²) in [5, 5.41) is 11.2. The average molecular weight is 298 g/mol. The number of nitrogens with zero attached hydrogens (tertiary/aromatic N) is 2. The number of fused-ring (bicyclic) bond motifs is 2. The lowest BCUT2D eigenvalue weighted by atomic mass is 9.83. The maximum absolute atomic E-state index is 12.5. The fourth-order valence-corrected chi connectivity index (χ4v) is 3.76. The number of carbonyl (C=O) groups is 1. The second kappa shape index (κ2) is 3.92. The summed E-state index contributed by atoms with van der Waals surface area (Å²) in [4.78, 5) is 23.6. The summed E-state index contributed by atoms with van der Waals surface area (Å²) in [6, 6.07) is 9.22. The second-order valence-corrected chi connectivity index (χ2v) is 5.77. The van der Waals surface area contributed by atoms with E-state index >= 15 is 0 Å². The van der Waals surface area contributed by atoms with Crippen molar-refractivity contribution in [1.29, 1.82) is 0 Å². The fourth-order valence-electron chi connectivity index (χ4n) is 2.73. The molecule has 0 saturated heterocycles.